The van der Waals surface area contributed by atoms with Gasteiger partial charge in [-0.15, -0.1) is 0 Å². The van der Waals surface area contributed by atoms with Crippen LogP contribution in [0.5, 0.6) is 0 Å². The molecule has 0 aromatic heterocycles. The van der Waals surface area contributed by atoms with Crippen molar-refractivity contribution in [1.82, 2.24) is 5.32 Å². The average Bonchev–Trinajstić information content (AvgIpc) is 2.05. The summed E-state index contributed by atoms with van der Waals surface area (Å²) < 4.78 is 5.07. The number of likely N-dealkylation sites (N-methyl/N-ethyl adjacent to an activating group) is 1. The van der Waals surface area contributed by atoms with Crippen LogP contribution in [0.2, 0.25) is 0 Å². The zero-order valence-electron chi connectivity index (χ0n) is 6.59. The van der Waals surface area contributed by atoms with Gasteiger partial charge in [-0.05, 0) is 19.9 Å². The first-order chi connectivity index (χ1) is 5.21. The second-order valence-electron chi connectivity index (χ2n) is 2.75. The van der Waals surface area contributed by atoms with Gasteiger partial charge in [-0.25, -0.2) is 0 Å². The SMILES string of the molecule is CNC1(C(=O)O)CCOCC1. The Morgan fingerprint density at radius 1 is 1.55 bits per heavy atom. The maximum absolute atomic E-state index is 10.8. The summed E-state index contributed by atoms with van der Waals surface area (Å²) in [6.07, 6.45) is 1.11. The van der Waals surface area contributed by atoms with Crippen molar-refractivity contribution in [2.24, 2.45) is 0 Å². The topological polar surface area (TPSA) is 58.6 Å². The lowest BCUT2D eigenvalue weighted by Gasteiger charge is -2.32. The first kappa shape index (κ1) is 8.49. The molecule has 1 aliphatic heterocycles. The molecule has 0 aliphatic carbocycles. The van der Waals surface area contributed by atoms with Gasteiger partial charge in [0.2, 0.25) is 0 Å². The molecule has 0 amide bonds. The van der Waals surface area contributed by atoms with Crippen LogP contribution in [-0.4, -0.2) is 36.9 Å². The van der Waals surface area contributed by atoms with E-state index in [1.807, 2.05) is 0 Å². The maximum atomic E-state index is 10.8. The normalized spacial score (nSPS) is 23.0. The van der Waals surface area contributed by atoms with Gasteiger partial charge in [-0.3, -0.25) is 4.79 Å². The van der Waals surface area contributed by atoms with Crippen LogP contribution in [-0.2, 0) is 9.53 Å². The molecule has 2 N–H and O–H groups in total. The van der Waals surface area contributed by atoms with Crippen molar-refractivity contribution < 1.29 is 14.6 Å². The monoisotopic (exact) mass is 159 g/mol. The van der Waals surface area contributed by atoms with Crippen LogP contribution in [0.3, 0.4) is 0 Å². The van der Waals surface area contributed by atoms with E-state index >= 15 is 0 Å². The molecule has 1 heterocycles. The quantitative estimate of drug-likeness (QED) is 0.587. The molecule has 11 heavy (non-hydrogen) atoms. The summed E-state index contributed by atoms with van der Waals surface area (Å²) in [5.74, 6) is -0.775. The summed E-state index contributed by atoms with van der Waals surface area (Å²) >= 11 is 0. The van der Waals surface area contributed by atoms with Crippen molar-refractivity contribution in [2.75, 3.05) is 20.3 Å². The Morgan fingerprint density at radius 2 is 2.09 bits per heavy atom. The van der Waals surface area contributed by atoms with E-state index < -0.39 is 11.5 Å². The van der Waals surface area contributed by atoms with Crippen LogP contribution in [0.25, 0.3) is 0 Å². The van der Waals surface area contributed by atoms with Gasteiger partial charge >= 0.3 is 5.97 Å². The summed E-state index contributed by atoms with van der Waals surface area (Å²) in [5.41, 5.74) is -0.738. The number of carboxylic acid groups (broad SMARTS) is 1. The number of aliphatic carboxylic acids is 1. The van der Waals surface area contributed by atoms with E-state index in [1.54, 1.807) is 7.05 Å². The van der Waals surface area contributed by atoms with Crippen LogP contribution in [0.1, 0.15) is 12.8 Å². The Bertz CT molecular complexity index is 152. The number of rotatable bonds is 2. The van der Waals surface area contributed by atoms with Crippen molar-refractivity contribution in [3.8, 4) is 0 Å². The van der Waals surface area contributed by atoms with Crippen LogP contribution >= 0.6 is 0 Å². The number of ether oxygens (including phenoxy) is 1. The average molecular weight is 159 g/mol. The van der Waals surface area contributed by atoms with Gasteiger partial charge in [0.15, 0.2) is 0 Å². The Hall–Kier alpha value is -0.610. The van der Waals surface area contributed by atoms with Crippen molar-refractivity contribution in [1.29, 1.82) is 0 Å². The van der Waals surface area contributed by atoms with Gasteiger partial charge in [0.1, 0.15) is 5.54 Å². The molecule has 0 bridgehead atoms. The number of hydrogen-bond donors (Lipinski definition) is 2. The van der Waals surface area contributed by atoms with Crippen molar-refractivity contribution >= 4 is 5.97 Å². The smallest absolute Gasteiger partial charge is 0.324 e. The zero-order chi connectivity index (χ0) is 8.32. The maximum Gasteiger partial charge on any atom is 0.324 e. The third kappa shape index (κ3) is 1.52. The van der Waals surface area contributed by atoms with E-state index in [0.29, 0.717) is 26.1 Å². The highest BCUT2D eigenvalue weighted by Crippen LogP contribution is 2.19. The Labute approximate surface area is 65.5 Å². The first-order valence-electron chi connectivity index (χ1n) is 3.71. The molecule has 0 radical (unpaired) electrons. The Balaban J connectivity index is 2.64. The molecule has 0 spiro atoms. The second-order valence-corrected chi connectivity index (χ2v) is 2.75. The van der Waals surface area contributed by atoms with Gasteiger partial charge in [-0.1, -0.05) is 0 Å². The number of nitrogens with one attached hydrogen (secondary N) is 1. The van der Waals surface area contributed by atoms with Crippen LogP contribution in [0.15, 0.2) is 0 Å². The highest BCUT2D eigenvalue weighted by molar-refractivity contribution is 5.78. The number of hydrogen-bond acceptors (Lipinski definition) is 3. The number of carboxylic acids is 1. The predicted molar refractivity (Wildman–Crippen MR) is 39.5 cm³/mol. The molecule has 1 fully saturated rings. The molecule has 0 unspecified atom stereocenters. The third-order valence-electron chi connectivity index (χ3n) is 2.23. The van der Waals surface area contributed by atoms with Crippen molar-refractivity contribution in [2.45, 2.75) is 18.4 Å². The van der Waals surface area contributed by atoms with Crippen LogP contribution < -0.4 is 5.32 Å². The van der Waals surface area contributed by atoms with E-state index in [9.17, 15) is 4.79 Å². The van der Waals surface area contributed by atoms with Gasteiger partial charge in [0.25, 0.3) is 0 Å². The van der Waals surface area contributed by atoms with Crippen molar-refractivity contribution in [3.63, 3.8) is 0 Å². The fraction of sp³-hybridized carbons (Fsp3) is 0.857. The standard InChI is InChI=1S/C7H13NO3/c1-8-7(6(9)10)2-4-11-5-3-7/h8H,2-5H2,1H3,(H,9,10). The van der Waals surface area contributed by atoms with Gasteiger partial charge in [-0.2, -0.15) is 0 Å². The molecule has 0 aromatic rings. The second kappa shape index (κ2) is 3.19. The molecule has 0 saturated carbocycles. The van der Waals surface area contributed by atoms with Crippen LogP contribution in [0.4, 0.5) is 0 Å². The van der Waals surface area contributed by atoms with E-state index in [4.69, 9.17) is 9.84 Å². The fourth-order valence-corrected chi connectivity index (χ4v) is 1.29. The summed E-state index contributed by atoms with van der Waals surface area (Å²) in [7, 11) is 1.68. The van der Waals surface area contributed by atoms with Crippen molar-refractivity contribution in [3.05, 3.63) is 0 Å². The van der Waals surface area contributed by atoms with E-state index in [-0.39, 0.29) is 0 Å². The van der Waals surface area contributed by atoms with E-state index in [1.165, 1.54) is 0 Å². The molecular formula is C7H13NO3. The lowest BCUT2D eigenvalue weighted by molar-refractivity contribution is -0.148. The molecule has 64 valence electrons. The van der Waals surface area contributed by atoms with Gasteiger partial charge in [0.05, 0.1) is 0 Å². The summed E-state index contributed by atoms with van der Waals surface area (Å²) in [4.78, 5) is 10.8. The molecule has 0 aromatic carbocycles. The largest absolute Gasteiger partial charge is 0.480 e. The minimum absolute atomic E-state index is 0.535. The van der Waals surface area contributed by atoms with Gasteiger partial charge < -0.3 is 15.2 Å². The fourth-order valence-electron chi connectivity index (χ4n) is 1.29. The minimum Gasteiger partial charge on any atom is -0.480 e. The summed E-state index contributed by atoms with van der Waals surface area (Å²) in [5, 5.41) is 11.7. The zero-order valence-corrected chi connectivity index (χ0v) is 6.59. The Kier molecular flexibility index (Phi) is 2.46. The highest BCUT2D eigenvalue weighted by Gasteiger charge is 2.38. The third-order valence-corrected chi connectivity index (χ3v) is 2.23. The first-order valence-corrected chi connectivity index (χ1v) is 3.71. The van der Waals surface area contributed by atoms with E-state index in [0.717, 1.165) is 0 Å². The molecule has 1 rings (SSSR count). The molecule has 4 heteroatoms. The lowest BCUT2D eigenvalue weighted by atomic mass is 9.90. The summed E-state index contributed by atoms with van der Waals surface area (Å²) in [6, 6.07) is 0. The van der Waals surface area contributed by atoms with Crippen LogP contribution in [0, 0.1) is 0 Å². The summed E-state index contributed by atoms with van der Waals surface area (Å²) in [6.45, 7) is 1.07. The molecule has 4 nitrogen and oxygen atoms in total. The predicted octanol–water partition coefficient (Wildman–Crippen LogP) is -0.160. The molecular weight excluding hydrogens is 146 g/mol. The highest BCUT2D eigenvalue weighted by atomic mass is 16.5. The molecule has 0 atom stereocenters. The minimum atomic E-state index is -0.775. The number of carbonyl (C=O) groups is 1. The molecule has 1 saturated heterocycles. The lowest BCUT2D eigenvalue weighted by Crippen LogP contribution is -2.53. The Morgan fingerprint density at radius 3 is 2.36 bits per heavy atom. The molecule has 1 aliphatic rings. The van der Waals surface area contributed by atoms with E-state index in [2.05, 4.69) is 5.32 Å². The van der Waals surface area contributed by atoms with Gasteiger partial charge in [0, 0.05) is 13.2 Å².